The predicted molar refractivity (Wildman–Crippen MR) is 79.4 cm³/mol. The van der Waals surface area contributed by atoms with E-state index in [4.69, 9.17) is 5.73 Å². The Morgan fingerprint density at radius 2 is 1.95 bits per heavy atom. The number of fused-ring (bicyclic) bond motifs is 1. The van der Waals surface area contributed by atoms with Crippen molar-refractivity contribution in [3.8, 4) is 11.3 Å². The van der Waals surface area contributed by atoms with Crippen LogP contribution in [0.25, 0.3) is 11.3 Å². The van der Waals surface area contributed by atoms with Gasteiger partial charge in [-0.2, -0.15) is 5.10 Å². The van der Waals surface area contributed by atoms with Gasteiger partial charge in [0.15, 0.2) is 0 Å². The lowest BCUT2D eigenvalue weighted by Crippen LogP contribution is -2.25. The molecule has 1 aliphatic carbocycles. The summed E-state index contributed by atoms with van der Waals surface area (Å²) < 4.78 is 1.37. The lowest BCUT2D eigenvalue weighted by Gasteiger charge is -2.16. The fourth-order valence-electron chi connectivity index (χ4n) is 2.85. The van der Waals surface area contributed by atoms with Gasteiger partial charge in [-0.05, 0) is 48.9 Å². The van der Waals surface area contributed by atoms with E-state index in [2.05, 4.69) is 23.3 Å². The van der Waals surface area contributed by atoms with E-state index in [0.717, 1.165) is 17.7 Å². The average molecular weight is 269 g/mol. The molecule has 0 bridgehead atoms. The zero-order chi connectivity index (χ0) is 14.1. The molecular formula is C16H19N3O. The van der Waals surface area contributed by atoms with Gasteiger partial charge in [-0.3, -0.25) is 4.79 Å². The van der Waals surface area contributed by atoms with E-state index in [9.17, 15) is 4.79 Å². The van der Waals surface area contributed by atoms with Gasteiger partial charge in [-0.1, -0.05) is 12.1 Å². The largest absolute Gasteiger partial charge is 0.326 e. The third-order valence-corrected chi connectivity index (χ3v) is 4.00. The highest BCUT2D eigenvalue weighted by molar-refractivity contribution is 5.61. The Labute approximate surface area is 118 Å². The maximum Gasteiger partial charge on any atom is 0.271 e. The van der Waals surface area contributed by atoms with Crippen molar-refractivity contribution in [2.45, 2.75) is 32.2 Å². The summed E-state index contributed by atoms with van der Waals surface area (Å²) in [6, 6.07) is 8.31. The molecule has 20 heavy (non-hydrogen) atoms. The first kappa shape index (κ1) is 13.1. The quantitative estimate of drug-likeness (QED) is 0.904. The van der Waals surface area contributed by atoms with E-state index in [1.165, 1.54) is 35.1 Å². The summed E-state index contributed by atoms with van der Waals surface area (Å²) in [5, 5.41) is 4.35. The van der Waals surface area contributed by atoms with Crippen LogP contribution >= 0.6 is 0 Å². The van der Waals surface area contributed by atoms with Crippen LogP contribution in [-0.4, -0.2) is 9.78 Å². The molecule has 1 aliphatic rings. The van der Waals surface area contributed by atoms with E-state index in [-0.39, 0.29) is 12.1 Å². The number of aryl methyl sites for hydroxylation is 3. The Hall–Kier alpha value is -1.94. The number of hydrogen-bond donors (Lipinski definition) is 1. The van der Waals surface area contributed by atoms with Crippen molar-refractivity contribution in [2.75, 3.05) is 0 Å². The molecule has 4 heteroatoms. The third-order valence-electron chi connectivity index (χ3n) is 4.00. The van der Waals surface area contributed by atoms with Crippen molar-refractivity contribution < 1.29 is 0 Å². The van der Waals surface area contributed by atoms with Crippen LogP contribution in [-0.2, 0) is 26.4 Å². The van der Waals surface area contributed by atoms with Crippen LogP contribution in [0.15, 0.2) is 29.1 Å². The highest BCUT2D eigenvalue weighted by Gasteiger charge is 2.12. The Morgan fingerprint density at radius 3 is 2.70 bits per heavy atom. The van der Waals surface area contributed by atoms with Crippen LogP contribution in [0.3, 0.4) is 0 Å². The minimum Gasteiger partial charge on any atom is -0.326 e. The third kappa shape index (κ3) is 2.27. The Bertz CT molecular complexity index is 703. The second-order valence-electron chi connectivity index (χ2n) is 5.38. The molecular weight excluding hydrogens is 250 g/mol. The first-order chi connectivity index (χ1) is 9.69. The molecule has 0 radical (unpaired) electrons. The molecule has 0 saturated carbocycles. The lowest BCUT2D eigenvalue weighted by molar-refractivity contribution is 0.684. The molecule has 0 spiro atoms. The number of benzene rings is 1. The zero-order valence-corrected chi connectivity index (χ0v) is 11.7. The fraction of sp³-hybridized carbons (Fsp3) is 0.375. The van der Waals surface area contributed by atoms with Gasteiger partial charge in [0.05, 0.1) is 5.69 Å². The summed E-state index contributed by atoms with van der Waals surface area (Å²) in [7, 11) is 1.67. The summed E-state index contributed by atoms with van der Waals surface area (Å²) in [5.74, 6) is 0. The number of nitrogens with zero attached hydrogens (tertiary/aromatic N) is 2. The summed E-state index contributed by atoms with van der Waals surface area (Å²) >= 11 is 0. The second kappa shape index (κ2) is 5.21. The molecule has 1 aromatic carbocycles. The van der Waals surface area contributed by atoms with Crippen LogP contribution in [0.4, 0.5) is 0 Å². The number of rotatable bonds is 2. The van der Waals surface area contributed by atoms with Crippen LogP contribution in [0, 0.1) is 0 Å². The van der Waals surface area contributed by atoms with E-state index in [1.807, 2.05) is 6.07 Å². The monoisotopic (exact) mass is 269 g/mol. The van der Waals surface area contributed by atoms with Gasteiger partial charge in [0.2, 0.25) is 0 Å². The molecule has 0 aliphatic heterocycles. The zero-order valence-electron chi connectivity index (χ0n) is 11.7. The highest BCUT2D eigenvalue weighted by atomic mass is 16.1. The Balaban J connectivity index is 2.09. The van der Waals surface area contributed by atoms with Crippen LogP contribution in [0.5, 0.6) is 0 Å². The van der Waals surface area contributed by atoms with Gasteiger partial charge in [0, 0.05) is 24.7 Å². The average Bonchev–Trinajstić information content (AvgIpc) is 2.49. The Morgan fingerprint density at radius 1 is 1.20 bits per heavy atom. The number of aromatic nitrogens is 2. The molecule has 1 heterocycles. The SMILES string of the molecule is Cn1nc(-c2ccc3c(c2)CCCC3)cc(CN)c1=O. The molecule has 0 amide bonds. The maximum atomic E-state index is 11.8. The van der Waals surface area contributed by atoms with E-state index in [1.54, 1.807) is 7.05 Å². The molecule has 0 saturated heterocycles. The summed E-state index contributed by atoms with van der Waals surface area (Å²) in [6.45, 7) is 0.243. The van der Waals surface area contributed by atoms with Crippen LogP contribution in [0.1, 0.15) is 29.5 Å². The molecule has 0 fully saturated rings. The van der Waals surface area contributed by atoms with Crippen molar-refractivity contribution in [1.29, 1.82) is 0 Å². The van der Waals surface area contributed by atoms with Crippen molar-refractivity contribution in [1.82, 2.24) is 9.78 Å². The normalized spacial score (nSPS) is 14.1. The highest BCUT2D eigenvalue weighted by Crippen LogP contribution is 2.26. The smallest absolute Gasteiger partial charge is 0.271 e. The maximum absolute atomic E-state index is 11.8. The van der Waals surface area contributed by atoms with Crippen LogP contribution in [0.2, 0.25) is 0 Å². The summed E-state index contributed by atoms with van der Waals surface area (Å²) in [4.78, 5) is 11.8. The molecule has 0 unspecified atom stereocenters. The van der Waals surface area contributed by atoms with Crippen molar-refractivity contribution in [3.63, 3.8) is 0 Å². The first-order valence-electron chi connectivity index (χ1n) is 7.08. The molecule has 3 rings (SSSR count). The van der Waals surface area contributed by atoms with Gasteiger partial charge >= 0.3 is 0 Å². The second-order valence-corrected chi connectivity index (χ2v) is 5.38. The summed E-state index contributed by atoms with van der Waals surface area (Å²) in [5.41, 5.74) is 10.9. The van der Waals surface area contributed by atoms with Gasteiger partial charge in [0.25, 0.3) is 5.56 Å². The number of nitrogens with two attached hydrogens (primary N) is 1. The predicted octanol–water partition coefficient (Wildman–Crippen LogP) is 1.78. The van der Waals surface area contributed by atoms with E-state index < -0.39 is 0 Å². The topological polar surface area (TPSA) is 60.9 Å². The molecule has 4 nitrogen and oxygen atoms in total. The van der Waals surface area contributed by atoms with Crippen molar-refractivity contribution >= 4 is 0 Å². The molecule has 1 aromatic heterocycles. The van der Waals surface area contributed by atoms with Crippen molar-refractivity contribution in [3.05, 3.63) is 51.3 Å². The van der Waals surface area contributed by atoms with Gasteiger partial charge in [-0.15, -0.1) is 0 Å². The Kier molecular flexibility index (Phi) is 3.40. The fourth-order valence-corrected chi connectivity index (χ4v) is 2.85. The molecule has 2 N–H and O–H groups in total. The molecule has 2 aromatic rings. The van der Waals surface area contributed by atoms with E-state index in [0.29, 0.717) is 5.56 Å². The van der Waals surface area contributed by atoms with Crippen molar-refractivity contribution in [2.24, 2.45) is 12.8 Å². The minimum absolute atomic E-state index is 0.116. The molecule has 104 valence electrons. The van der Waals surface area contributed by atoms with E-state index >= 15 is 0 Å². The van der Waals surface area contributed by atoms with Gasteiger partial charge < -0.3 is 5.73 Å². The van der Waals surface area contributed by atoms with Gasteiger partial charge in [0.1, 0.15) is 0 Å². The first-order valence-corrected chi connectivity index (χ1v) is 7.08. The summed E-state index contributed by atoms with van der Waals surface area (Å²) in [6.07, 6.45) is 4.84. The molecule has 0 atom stereocenters. The van der Waals surface area contributed by atoms with Gasteiger partial charge in [-0.25, -0.2) is 4.68 Å². The minimum atomic E-state index is -0.116. The standard InChI is InChI=1S/C16H19N3O/c1-19-16(20)14(10-17)9-15(18-19)13-7-6-11-4-2-3-5-12(11)8-13/h6-9H,2-5,10,17H2,1H3. The number of hydrogen-bond acceptors (Lipinski definition) is 3. The van der Waals surface area contributed by atoms with Crippen LogP contribution < -0.4 is 11.3 Å². The lowest BCUT2D eigenvalue weighted by atomic mass is 9.90.